The maximum absolute atomic E-state index is 12.8. The summed E-state index contributed by atoms with van der Waals surface area (Å²) in [6.45, 7) is 0.0514. The van der Waals surface area contributed by atoms with Gasteiger partial charge in [0.15, 0.2) is 0 Å². The first-order chi connectivity index (χ1) is 13.1. The van der Waals surface area contributed by atoms with E-state index < -0.39 is 5.97 Å². The van der Waals surface area contributed by atoms with E-state index in [0.717, 1.165) is 6.42 Å². The highest BCUT2D eigenvalue weighted by Crippen LogP contribution is 2.53. The molecule has 1 aliphatic heterocycles. The fraction of sp³-hybridized carbons (Fsp3) is 0.286. The third kappa shape index (κ3) is 2.44. The summed E-state index contributed by atoms with van der Waals surface area (Å²) in [6, 6.07) is 9.83. The smallest absolute Gasteiger partial charge is 0.338 e. The van der Waals surface area contributed by atoms with Crippen molar-refractivity contribution in [3.8, 4) is 0 Å². The average molecular weight is 363 g/mol. The minimum absolute atomic E-state index is 0.0514. The van der Waals surface area contributed by atoms with Crippen LogP contribution in [0.2, 0.25) is 0 Å². The van der Waals surface area contributed by atoms with Gasteiger partial charge < -0.3 is 9.15 Å². The number of amides is 2. The molecule has 0 spiro atoms. The highest BCUT2D eigenvalue weighted by Gasteiger charge is 2.59. The van der Waals surface area contributed by atoms with Crippen LogP contribution in [0.5, 0.6) is 0 Å². The first-order valence-electron chi connectivity index (χ1n) is 8.99. The predicted octanol–water partition coefficient (Wildman–Crippen LogP) is 2.95. The van der Waals surface area contributed by atoms with Crippen molar-refractivity contribution in [1.82, 2.24) is 0 Å². The van der Waals surface area contributed by atoms with E-state index in [1.54, 1.807) is 36.4 Å². The number of imide groups is 1. The van der Waals surface area contributed by atoms with Crippen molar-refractivity contribution in [3.63, 3.8) is 0 Å². The van der Waals surface area contributed by atoms with Gasteiger partial charge in [-0.05, 0) is 54.7 Å². The first-order valence-corrected chi connectivity index (χ1v) is 8.99. The summed E-state index contributed by atoms with van der Waals surface area (Å²) in [6.07, 6.45) is 6.55. The van der Waals surface area contributed by atoms with Crippen LogP contribution < -0.4 is 4.90 Å². The van der Waals surface area contributed by atoms with Crippen LogP contribution in [0.4, 0.5) is 5.69 Å². The van der Waals surface area contributed by atoms with Gasteiger partial charge in [-0.25, -0.2) is 4.79 Å². The third-order valence-corrected chi connectivity index (χ3v) is 5.76. The maximum Gasteiger partial charge on any atom is 0.338 e. The van der Waals surface area contributed by atoms with Gasteiger partial charge in [0, 0.05) is 0 Å². The topological polar surface area (TPSA) is 76.8 Å². The number of furan rings is 1. The van der Waals surface area contributed by atoms with Gasteiger partial charge in [-0.1, -0.05) is 12.2 Å². The number of rotatable bonds is 4. The van der Waals surface area contributed by atoms with Gasteiger partial charge in [-0.3, -0.25) is 14.5 Å². The number of allylic oxidation sites excluding steroid dienone is 2. The fourth-order valence-electron chi connectivity index (χ4n) is 4.52. The number of esters is 1. The summed E-state index contributed by atoms with van der Waals surface area (Å²) in [5.41, 5.74) is 0.854. The SMILES string of the molecule is O=C(OCc1ccco1)c1ccc(N2C(=O)[C@@H]3[C@@H](C2=O)[C@H]2C=C[C@H]3C2)cc1. The molecule has 27 heavy (non-hydrogen) atoms. The van der Waals surface area contributed by atoms with E-state index in [9.17, 15) is 14.4 Å². The summed E-state index contributed by atoms with van der Waals surface area (Å²) in [4.78, 5) is 39.0. The molecule has 2 fully saturated rings. The lowest BCUT2D eigenvalue weighted by atomic mass is 9.85. The molecule has 3 aliphatic rings. The van der Waals surface area contributed by atoms with E-state index in [4.69, 9.17) is 9.15 Å². The molecule has 1 saturated heterocycles. The molecular weight excluding hydrogens is 346 g/mol. The van der Waals surface area contributed by atoms with Gasteiger partial charge in [0.1, 0.15) is 12.4 Å². The lowest BCUT2D eigenvalue weighted by molar-refractivity contribution is -0.123. The van der Waals surface area contributed by atoms with E-state index >= 15 is 0 Å². The Morgan fingerprint density at radius 1 is 1.04 bits per heavy atom. The Labute approximate surface area is 155 Å². The molecule has 136 valence electrons. The van der Waals surface area contributed by atoms with E-state index in [2.05, 4.69) is 12.2 Å². The second-order valence-electron chi connectivity index (χ2n) is 7.21. The van der Waals surface area contributed by atoms with Crippen molar-refractivity contribution in [3.05, 3.63) is 66.1 Å². The zero-order valence-electron chi connectivity index (χ0n) is 14.4. The number of carbonyl (C=O) groups is 3. The van der Waals surface area contributed by atoms with Gasteiger partial charge in [0.2, 0.25) is 11.8 Å². The van der Waals surface area contributed by atoms with Crippen LogP contribution in [0, 0.1) is 23.7 Å². The number of carbonyl (C=O) groups excluding carboxylic acids is 3. The Kier molecular flexibility index (Phi) is 3.53. The molecule has 0 radical (unpaired) electrons. The molecule has 2 aliphatic carbocycles. The number of hydrogen-bond donors (Lipinski definition) is 0. The standard InChI is InChI=1S/C21H17NO5/c23-19-17-13-3-4-14(10-13)18(17)20(24)22(19)15-7-5-12(6-8-15)21(25)27-11-16-2-1-9-26-16/h1-9,13-14,17-18H,10-11H2/t13-,14-,17-,18-/m0/s1. The molecule has 0 N–H and O–H groups in total. The van der Waals surface area contributed by atoms with Crippen LogP contribution in [0.15, 0.2) is 59.2 Å². The predicted molar refractivity (Wildman–Crippen MR) is 94.5 cm³/mol. The Bertz CT molecular complexity index is 913. The molecule has 6 heteroatoms. The Morgan fingerprint density at radius 2 is 1.70 bits per heavy atom. The molecule has 2 bridgehead atoms. The highest BCUT2D eigenvalue weighted by molar-refractivity contribution is 6.22. The van der Waals surface area contributed by atoms with Gasteiger partial charge in [-0.15, -0.1) is 0 Å². The van der Waals surface area contributed by atoms with Crippen molar-refractivity contribution in [2.75, 3.05) is 4.90 Å². The van der Waals surface area contributed by atoms with Gasteiger partial charge in [-0.2, -0.15) is 0 Å². The summed E-state index contributed by atoms with van der Waals surface area (Å²) in [7, 11) is 0. The molecule has 1 saturated carbocycles. The van der Waals surface area contributed by atoms with E-state index in [1.165, 1.54) is 11.2 Å². The van der Waals surface area contributed by atoms with Crippen LogP contribution in [0.3, 0.4) is 0 Å². The number of fused-ring (bicyclic) bond motifs is 5. The van der Waals surface area contributed by atoms with Crippen molar-refractivity contribution >= 4 is 23.5 Å². The van der Waals surface area contributed by atoms with Crippen molar-refractivity contribution < 1.29 is 23.5 Å². The third-order valence-electron chi connectivity index (χ3n) is 5.76. The number of nitrogens with zero attached hydrogens (tertiary/aromatic N) is 1. The van der Waals surface area contributed by atoms with Crippen molar-refractivity contribution in [2.45, 2.75) is 13.0 Å². The van der Waals surface area contributed by atoms with Crippen LogP contribution in [0.25, 0.3) is 0 Å². The molecule has 2 heterocycles. The minimum atomic E-state index is -0.490. The zero-order valence-corrected chi connectivity index (χ0v) is 14.4. The summed E-state index contributed by atoms with van der Waals surface area (Å²) in [5.74, 6) is -0.297. The van der Waals surface area contributed by atoms with Crippen LogP contribution in [0.1, 0.15) is 22.5 Å². The Hall–Kier alpha value is -3.15. The van der Waals surface area contributed by atoms with Crippen LogP contribution >= 0.6 is 0 Å². The molecule has 6 nitrogen and oxygen atoms in total. The normalized spacial score (nSPS) is 28.1. The summed E-state index contributed by atoms with van der Waals surface area (Å²) in [5, 5.41) is 0. The Balaban J connectivity index is 1.31. The molecule has 4 atom stereocenters. The second kappa shape index (κ2) is 5.94. The first kappa shape index (κ1) is 16.1. The number of anilines is 1. The molecule has 2 amide bonds. The lowest BCUT2D eigenvalue weighted by Crippen LogP contribution is -2.32. The maximum atomic E-state index is 12.8. The molecular formula is C21H17NO5. The van der Waals surface area contributed by atoms with Gasteiger partial charge in [0.05, 0.1) is 29.3 Å². The lowest BCUT2D eigenvalue weighted by Gasteiger charge is -2.17. The van der Waals surface area contributed by atoms with Crippen LogP contribution in [-0.4, -0.2) is 17.8 Å². The molecule has 5 rings (SSSR count). The zero-order chi connectivity index (χ0) is 18.5. The number of ether oxygens (including phenoxy) is 1. The average Bonchev–Trinajstić information content (AvgIpc) is 3.45. The van der Waals surface area contributed by atoms with Crippen LogP contribution in [-0.2, 0) is 20.9 Å². The molecule has 0 unspecified atom stereocenters. The fourth-order valence-corrected chi connectivity index (χ4v) is 4.52. The van der Waals surface area contributed by atoms with Gasteiger partial charge >= 0.3 is 5.97 Å². The summed E-state index contributed by atoms with van der Waals surface area (Å²) < 4.78 is 10.3. The molecule has 1 aromatic carbocycles. The Morgan fingerprint density at radius 3 is 2.30 bits per heavy atom. The van der Waals surface area contributed by atoms with Gasteiger partial charge in [0.25, 0.3) is 0 Å². The summed E-state index contributed by atoms with van der Waals surface area (Å²) >= 11 is 0. The number of benzene rings is 1. The molecule has 1 aromatic heterocycles. The van der Waals surface area contributed by atoms with E-state index in [0.29, 0.717) is 17.0 Å². The molecule has 2 aromatic rings. The minimum Gasteiger partial charge on any atom is -0.466 e. The largest absolute Gasteiger partial charge is 0.466 e. The monoisotopic (exact) mass is 363 g/mol. The van der Waals surface area contributed by atoms with E-state index in [1.807, 2.05) is 0 Å². The van der Waals surface area contributed by atoms with E-state index in [-0.39, 0.29) is 42.1 Å². The quantitative estimate of drug-likeness (QED) is 0.474. The highest BCUT2D eigenvalue weighted by atomic mass is 16.5. The second-order valence-corrected chi connectivity index (χ2v) is 7.21. The number of hydrogen-bond acceptors (Lipinski definition) is 5. The van der Waals surface area contributed by atoms with Crippen molar-refractivity contribution in [1.29, 1.82) is 0 Å². The van der Waals surface area contributed by atoms with Crippen molar-refractivity contribution in [2.24, 2.45) is 23.7 Å².